The van der Waals surface area contributed by atoms with Crippen LogP contribution in [0.25, 0.3) is 10.8 Å². The van der Waals surface area contributed by atoms with Crippen LogP contribution in [0.1, 0.15) is 5.56 Å². The van der Waals surface area contributed by atoms with Crippen LogP contribution in [0.4, 0.5) is 0 Å². The number of aryl methyl sites for hydroxylation is 1. The highest BCUT2D eigenvalue weighted by atomic mass is 14.6. The molecule has 1 aromatic carbocycles. The Morgan fingerprint density at radius 2 is 2.27 bits per heavy atom. The lowest BCUT2D eigenvalue weighted by atomic mass is 10.2. The van der Waals surface area contributed by atoms with Gasteiger partial charge in [-0.25, -0.2) is 0 Å². The Morgan fingerprint density at radius 3 is 3.18 bits per heavy atom. The molecule has 1 nitrogen and oxygen atoms in total. The summed E-state index contributed by atoms with van der Waals surface area (Å²) in [4.78, 5) is 4.02. The van der Waals surface area contributed by atoms with Gasteiger partial charge in [0.15, 0.2) is 0 Å². The van der Waals surface area contributed by atoms with Crippen LogP contribution in [0, 0.1) is 19.1 Å². The topological polar surface area (TPSA) is 12.9 Å². The molecule has 2 aromatic rings. The van der Waals surface area contributed by atoms with Crippen molar-refractivity contribution in [1.82, 2.24) is 4.98 Å². The number of hydrogen-bond donors (Lipinski definition) is 0. The van der Waals surface area contributed by atoms with E-state index in [1.165, 1.54) is 0 Å². The lowest BCUT2D eigenvalue weighted by molar-refractivity contribution is 1.36. The van der Waals surface area contributed by atoms with Gasteiger partial charge >= 0.3 is 0 Å². The molecular weight excluding hydrogens is 134 g/mol. The van der Waals surface area contributed by atoms with E-state index in [0.29, 0.717) is 0 Å². The van der Waals surface area contributed by atoms with Crippen LogP contribution in [0.5, 0.6) is 0 Å². The average molecular weight is 141 g/mol. The second-order valence-electron chi connectivity index (χ2n) is 2.54. The second-order valence-corrected chi connectivity index (χ2v) is 2.54. The summed E-state index contributed by atoms with van der Waals surface area (Å²) >= 11 is 0. The first-order chi connectivity index (χ1) is 5.36. The first-order valence-corrected chi connectivity index (χ1v) is 3.50. The van der Waals surface area contributed by atoms with Crippen molar-refractivity contribution in [2.45, 2.75) is 6.92 Å². The minimum Gasteiger partial charge on any atom is -0.264 e. The minimum atomic E-state index is 1.07. The maximum atomic E-state index is 4.02. The molecular formula is C10H7N. The Morgan fingerprint density at radius 1 is 1.36 bits per heavy atom. The van der Waals surface area contributed by atoms with Gasteiger partial charge in [0.05, 0.1) is 0 Å². The molecule has 0 radical (unpaired) electrons. The van der Waals surface area contributed by atoms with Gasteiger partial charge in [0.2, 0.25) is 0 Å². The minimum absolute atomic E-state index is 1.07. The van der Waals surface area contributed by atoms with E-state index >= 15 is 0 Å². The van der Waals surface area contributed by atoms with Crippen molar-refractivity contribution in [2.24, 2.45) is 0 Å². The number of pyridine rings is 1. The average Bonchev–Trinajstić information content (AvgIpc) is 2.04. The monoisotopic (exact) mass is 141 g/mol. The first kappa shape index (κ1) is 6.18. The molecule has 52 valence electrons. The zero-order valence-corrected chi connectivity index (χ0v) is 6.26. The summed E-state index contributed by atoms with van der Waals surface area (Å²) < 4.78 is 0. The number of rotatable bonds is 0. The summed E-state index contributed by atoms with van der Waals surface area (Å²) in [6.07, 6.45) is 3.61. The smallest absolute Gasteiger partial charge is 0.0353 e. The van der Waals surface area contributed by atoms with Crippen molar-refractivity contribution in [2.75, 3.05) is 0 Å². The highest BCUT2D eigenvalue weighted by Crippen LogP contribution is 2.09. The largest absolute Gasteiger partial charge is 0.264 e. The number of nitrogens with zero attached hydrogens (tertiary/aromatic N) is 1. The van der Waals surface area contributed by atoms with Gasteiger partial charge in [-0.2, -0.15) is 0 Å². The summed E-state index contributed by atoms with van der Waals surface area (Å²) in [5.41, 5.74) is 1.10. The third kappa shape index (κ3) is 1.03. The quantitative estimate of drug-likeness (QED) is 0.547. The molecule has 1 heteroatoms. The fraction of sp³-hybridized carbons (Fsp3) is 0.100. The van der Waals surface area contributed by atoms with Gasteiger partial charge in [-0.1, -0.05) is 12.1 Å². The van der Waals surface area contributed by atoms with E-state index in [1.807, 2.05) is 19.2 Å². The van der Waals surface area contributed by atoms with E-state index in [1.54, 1.807) is 6.20 Å². The molecule has 0 amide bonds. The molecule has 0 aliphatic heterocycles. The van der Waals surface area contributed by atoms with Gasteiger partial charge in [-0.3, -0.25) is 4.98 Å². The zero-order valence-electron chi connectivity index (χ0n) is 6.26. The highest BCUT2D eigenvalue weighted by Gasteiger charge is 1.89. The zero-order chi connectivity index (χ0) is 7.68. The number of hydrogen-bond acceptors (Lipinski definition) is 1. The van der Waals surface area contributed by atoms with Crippen molar-refractivity contribution in [3.05, 3.63) is 42.2 Å². The van der Waals surface area contributed by atoms with Gasteiger partial charge in [0, 0.05) is 23.2 Å². The van der Waals surface area contributed by atoms with E-state index < -0.39 is 0 Å². The van der Waals surface area contributed by atoms with Crippen LogP contribution in [0.2, 0.25) is 0 Å². The molecule has 0 saturated carbocycles. The molecule has 0 saturated heterocycles. The maximum absolute atomic E-state index is 4.02. The van der Waals surface area contributed by atoms with E-state index in [9.17, 15) is 0 Å². The van der Waals surface area contributed by atoms with E-state index in [0.717, 1.165) is 16.3 Å². The van der Waals surface area contributed by atoms with Crippen LogP contribution in [0.3, 0.4) is 0 Å². The Hall–Kier alpha value is -1.55. The molecule has 0 fully saturated rings. The van der Waals surface area contributed by atoms with Gasteiger partial charge in [-0.05, 0) is 24.6 Å². The third-order valence-electron chi connectivity index (χ3n) is 1.62. The molecule has 2 rings (SSSR count). The Bertz CT molecular complexity index is 379. The van der Waals surface area contributed by atoms with Gasteiger partial charge < -0.3 is 0 Å². The number of fused-ring (bicyclic) bond motifs is 1. The predicted molar refractivity (Wildman–Crippen MR) is 44.2 cm³/mol. The molecule has 0 atom stereocenters. The molecule has 0 N–H and O–H groups in total. The third-order valence-corrected chi connectivity index (χ3v) is 1.62. The van der Waals surface area contributed by atoms with Crippen molar-refractivity contribution >= 4 is 10.8 Å². The summed E-state index contributed by atoms with van der Waals surface area (Å²) in [6, 6.07) is 10.1. The highest BCUT2D eigenvalue weighted by molar-refractivity contribution is 5.79. The van der Waals surface area contributed by atoms with Gasteiger partial charge in [-0.15, -0.1) is 0 Å². The molecule has 0 aliphatic carbocycles. The first-order valence-electron chi connectivity index (χ1n) is 3.50. The lowest BCUT2D eigenvalue weighted by Crippen LogP contribution is -1.73. The van der Waals surface area contributed by atoms with Crippen molar-refractivity contribution in [3.63, 3.8) is 0 Å². The summed E-state index contributed by atoms with van der Waals surface area (Å²) in [5.74, 6) is 0. The van der Waals surface area contributed by atoms with Crippen LogP contribution in [-0.2, 0) is 0 Å². The molecule has 1 aromatic heterocycles. The fourth-order valence-electron chi connectivity index (χ4n) is 1.07. The summed E-state index contributed by atoms with van der Waals surface area (Å²) in [5, 5.41) is 2.20. The maximum Gasteiger partial charge on any atom is 0.0353 e. The van der Waals surface area contributed by atoms with Crippen LogP contribution in [0.15, 0.2) is 24.5 Å². The molecule has 0 aliphatic rings. The van der Waals surface area contributed by atoms with Gasteiger partial charge in [0.25, 0.3) is 0 Å². The Balaban J connectivity index is 2.83. The van der Waals surface area contributed by atoms with Crippen LogP contribution < -0.4 is 0 Å². The Kier molecular flexibility index (Phi) is 1.26. The fourth-order valence-corrected chi connectivity index (χ4v) is 1.07. The number of aromatic nitrogens is 1. The van der Waals surface area contributed by atoms with Crippen molar-refractivity contribution < 1.29 is 0 Å². The Labute approximate surface area is 65.7 Å². The van der Waals surface area contributed by atoms with E-state index in [2.05, 4.69) is 23.2 Å². The SMILES string of the molecule is Cc1c#cc2ccncc2c1. The molecule has 0 bridgehead atoms. The standard InChI is InChI=1S/C10H7N/c1-8-2-3-9-4-5-11-7-10(9)6-8/h4-7H,1H3. The van der Waals surface area contributed by atoms with Crippen molar-refractivity contribution in [3.8, 4) is 0 Å². The van der Waals surface area contributed by atoms with Crippen LogP contribution in [-0.4, -0.2) is 4.98 Å². The van der Waals surface area contributed by atoms with E-state index in [4.69, 9.17) is 0 Å². The molecule has 0 spiro atoms. The molecule has 0 unspecified atom stereocenters. The summed E-state index contributed by atoms with van der Waals surface area (Å²) in [6.45, 7) is 2.00. The lowest BCUT2D eigenvalue weighted by Gasteiger charge is -1.91. The summed E-state index contributed by atoms with van der Waals surface area (Å²) in [7, 11) is 0. The van der Waals surface area contributed by atoms with Crippen molar-refractivity contribution in [1.29, 1.82) is 0 Å². The molecule has 11 heavy (non-hydrogen) atoms. The normalized spacial score (nSPS) is 9.55. The van der Waals surface area contributed by atoms with Gasteiger partial charge in [0.1, 0.15) is 0 Å². The van der Waals surface area contributed by atoms with E-state index in [-0.39, 0.29) is 0 Å². The molecule has 1 heterocycles. The predicted octanol–water partition coefficient (Wildman–Crippen LogP) is 2.14. The van der Waals surface area contributed by atoms with Crippen LogP contribution >= 0.6 is 0 Å². The second kappa shape index (κ2) is 2.25.